The third kappa shape index (κ3) is 2.46. The van der Waals surface area contributed by atoms with E-state index < -0.39 is 0 Å². The Morgan fingerprint density at radius 1 is 1.21 bits per heavy atom. The molecule has 0 amide bonds. The van der Waals surface area contributed by atoms with Crippen LogP contribution in [0.15, 0.2) is 0 Å². The van der Waals surface area contributed by atoms with Crippen molar-refractivity contribution in [1.29, 1.82) is 0 Å². The lowest BCUT2D eigenvalue weighted by Crippen LogP contribution is -2.39. The van der Waals surface area contributed by atoms with Crippen LogP contribution in [0.1, 0.15) is 39.0 Å². The zero-order chi connectivity index (χ0) is 9.97. The molecule has 2 heteroatoms. The molecule has 0 aromatic rings. The van der Waals surface area contributed by atoms with E-state index in [1.807, 2.05) is 0 Å². The lowest BCUT2D eigenvalue weighted by Gasteiger charge is -2.34. The maximum atomic E-state index is 6.40. The summed E-state index contributed by atoms with van der Waals surface area (Å²) in [6.45, 7) is 2.39. The average Bonchev–Trinajstić information content (AvgIpc) is 2.69. The van der Waals surface area contributed by atoms with E-state index in [1.165, 1.54) is 43.6 Å². The lowest BCUT2D eigenvalue weighted by molar-refractivity contribution is 0.213. The molecule has 0 spiro atoms. The van der Waals surface area contributed by atoms with Crippen LogP contribution in [0.2, 0.25) is 0 Å². The number of hydrogen-bond donors (Lipinski definition) is 1. The van der Waals surface area contributed by atoms with Gasteiger partial charge in [0.1, 0.15) is 0 Å². The third-order valence-electron chi connectivity index (χ3n) is 4.03. The first kappa shape index (κ1) is 10.8. The molecule has 2 N–H and O–H groups in total. The van der Waals surface area contributed by atoms with E-state index >= 15 is 0 Å². The van der Waals surface area contributed by atoms with Crippen LogP contribution >= 0.6 is 11.8 Å². The smallest absolute Gasteiger partial charge is 0.0104 e. The Labute approximate surface area is 92.2 Å². The molecule has 4 atom stereocenters. The Hall–Kier alpha value is 0.310. The summed E-state index contributed by atoms with van der Waals surface area (Å²) in [7, 11) is 0. The van der Waals surface area contributed by atoms with Crippen molar-refractivity contribution in [2.45, 2.75) is 45.1 Å². The van der Waals surface area contributed by atoms with Gasteiger partial charge in [0.05, 0.1) is 0 Å². The second-order valence-electron chi connectivity index (χ2n) is 5.23. The monoisotopic (exact) mass is 213 g/mol. The van der Waals surface area contributed by atoms with Gasteiger partial charge in [0, 0.05) is 6.04 Å². The van der Waals surface area contributed by atoms with Crippen molar-refractivity contribution in [1.82, 2.24) is 0 Å². The van der Waals surface area contributed by atoms with Gasteiger partial charge < -0.3 is 5.73 Å². The Balaban J connectivity index is 1.86. The first-order valence-corrected chi connectivity index (χ1v) is 7.26. The van der Waals surface area contributed by atoms with Gasteiger partial charge in [-0.3, -0.25) is 0 Å². The maximum Gasteiger partial charge on any atom is 0.0104 e. The number of nitrogens with two attached hydrogens (primary N) is 1. The molecule has 0 aromatic heterocycles. The molecule has 2 rings (SSSR count). The minimum Gasteiger partial charge on any atom is -0.327 e. The molecule has 1 nitrogen and oxygen atoms in total. The van der Waals surface area contributed by atoms with Gasteiger partial charge in [-0.2, -0.15) is 11.8 Å². The second kappa shape index (κ2) is 4.89. The van der Waals surface area contributed by atoms with Gasteiger partial charge in [0.15, 0.2) is 0 Å². The van der Waals surface area contributed by atoms with E-state index in [0.29, 0.717) is 6.04 Å². The molecule has 1 aliphatic carbocycles. The minimum absolute atomic E-state index is 0.507. The second-order valence-corrected chi connectivity index (χ2v) is 6.38. The van der Waals surface area contributed by atoms with Crippen LogP contribution in [0.5, 0.6) is 0 Å². The van der Waals surface area contributed by atoms with E-state index in [-0.39, 0.29) is 0 Å². The summed E-state index contributed by atoms with van der Waals surface area (Å²) in [6.07, 6.45) is 7.01. The van der Waals surface area contributed by atoms with Crippen LogP contribution in [0, 0.1) is 17.8 Å². The fourth-order valence-electron chi connectivity index (χ4n) is 3.07. The normalized spacial score (nSPS) is 41.1. The van der Waals surface area contributed by atoms with Crippen LogP contribution in [-0.4, -0.2) is 17.5 Å². The van der Waals surface area contributed by atoms with Crippen molar-refractivity contribution in [2.24, 2.45) is 23.5 Å². The van der Waals surface area contributed by atoms with E-state index in [2.05, 4.69) is 18.7 Å². The quantitative estimate of drug-likeness (QED) is 0.763. The Kier molecular flexibility index (Phi) is 3.78. The highest BCUT2D eigenvalue weighted by molar-refractivity contribution is 7.99. The van der Waals surface area contributed by atoms with E-state index in [4.69, 9.17) is 5.73 Å². The molecular formula is C12H23NS. The van der Waals surface area contributed by atoms with E-state index in [0.717, 1.165) is 17.8 Å². The van der Waals surface area contributed by atoms with Crippen molar-refractivity contribution < 1.29 is 0 Å². The summed E-state index contributed by atoms with van der Waals surface area (Å²) in [6, 6.07) is 0.507. The maximum absolute atomic E-state index is 6.40. The molecule has 4 unspecified atom stereocenters. The summed E-state index contributed by atoms with van der Waals surface area (Å²) in [5, 5.41) is 0. The largest absolute Gasteiger partial charge is 0.327 e. The van der Waals surface area contributed by atoms with E-state index in [9.17, 15) is 0 Å². The SMILES string of the molecule is CC1CCCC(C(N)C2CCSC2)C1. The molecule has 82 valence electrons. The van der Waals surface area contributed by atoms with Crippen molar-refractivity contribution in [3.63, 3.8) is 0 Å². The Morgan fingerprint density at radius 2 is 2.07 bits per heavy atom. The zero-order valence-electron chi connectivity index (χ0n) is 9.24. The predicted molar refractivity (Wildman–Crippen MR) is 64.5 cm³/mol. The highest BCUT2D eigenvalue weighted by Crippen LogP contribution is 2.36. The summed E-state index contributed by atoms with van der Waals surface area (Å²) in [5.41, 5.74) is 6.40. The number of thioether (sulfide) groups is 1. The minimum atomic E-state index is 0.507. The fraction of sp³-hybridized carbons (Fsp3) is 1.00. The standard InChI is InChI=1S/C12H23NS/c1-9-3-2-4-10(7-9)12(13)11-5-6-14-8-11/h9-12H,2-8,13H2,1H3. The van der Waals surface area contributed by atoms with Crippen LogP contribution < -0.4 is 5.73 Å². The summed E-state index contributed by atoms with van der Waals surface area (Å²) >= 11 is 2.10. The Morgan fingerprint density at radius 3 is 2.71 bits per heavy atom. The van der Waals surface area contributed by atoms with Crippen molar-refractivity contribution >= 4 is 11.8 Å². The number of rotatable bonds is 2. The first-order valence-electron chi connectivity index (χ1n) is 6.10. The third-order valence-corrected chi connectivity index (χ3v) is 5.22. The molecule has 0 aromatic carbocycles. The molecule has 1 saturated carbocycles. The van der Waals surface area contributed by atoms with Crippen molar-refractivity contribution in [3.05, 3.63) is 0 Å². The van der Waals surface area contributed by atoms with Gasteiger partial charge in [0.2, 0.25) is 0 Å². The van der Waals surface area contributed by atoms with E-state index in [1.54, 1.807) is 0 Å². The first-order chi connectivity index (χ1) is 6.77. The van der Waals surface area contributed by atoms with Gasteiger partial charge in [-0.05, 0) is 48.5 Å². The van der Waals surface area contributed by atoms with Gasteiger partial charge in [-0.15, -0.1) is 0 Å². The summed E-state index contributed by atoms with van der Waals surface area (Å²) in [4.78, 5) is 0. The van der Waals surface area contributed by atoms with Crippen molar-refractivity contribution in [2.75, 3.05) is 11.5 Å². The molecule has 0 radical (unpaired) electrons. The zero-order valence-corrected chi connectivity index (χ0v) is 10.1. The molecule has 14 heavy (non-hydrogen) atoms. The van der Waals surface area contributed by atoms with Crippen LogP contribution in [0.3, 0.4) is 0 Å². The highest BCUT2D eigenvalue weighted by Gasteiger charge is 2.31. The molecule has 1 heterocycles. The highest BCUT2D eigenvalue weighted by atomic mass is 32.2. The molecule has 1 aliphatic heterocycles. The summed E-state index contributed by atoms with van der Waals surface area (Å²) in [5.74, 6) is 5.26. The number of hydrogen-bond acceptors (Lipinski definition) is 2. The predicted octanol–water partition coefficient (Wildman–Crippen LogP) is 2.89. The van der Waals surface area contributed by atoms with Gasteiger partial charge in [0.25, 0.3) is 0 Å². The van der Waals surface area contributed by atoms with Crippen LogP contribution in [0.25, 0.3) is 0 Å². The molecule has 2 aliphatic rings. The van der Waals surface area contributed by atoms with Gasteiger partial charge in [-0.25, -0.2) is 0 Å². The topological polar surface area (TPSA) is 26.0 Å². The Bertz CT molecular complexity index is 177. The summed E-state index contributed by atoms with van der Waals surface area (Å²) < 4.78 is 0. The van der Waals surface area contributed by atoms with Gasteiger partial charge in [-0.1, -0.05) is 19.8 Å². The van der Waals surface area contributed by atoms with Crippen LogP contribution in [-0.2, 0) is 0 Å². The molecular weight excluding hydrogens is 190 g/mol. The molecule has 2 fully saturated rings. The van der Waals surface area contributed by atoms with Crippen molar-refractivity contribution in [3.8, 4) is 0 Å². The average molecular weight is 213 g/mol. The lowest BCUT2D eigenvalue weighted by atomic mass is 9.75. The van der Waals surface area contributed by atoms with Crippen LogP contribution in [0.4, 0.5) is 0 Å². The molecule has 1 saturated heterocycles. The van der Waals surface area contributed by atoms with Gasteiger partial charge >= 0.3 is 0 Å². The fourth-order valence-corrected chi connectivity index (χ4v) is 4.40. The molecule has 0 bridgehead atoms.